The number of aryl methyl sites for hydroxylation is 1. The molecule has 1 aromatic carbocycles. The Morgan fingerprint density at radius 2 is 1.83 bits per heavy atom. The Morgan fingerprint density at radius 3 is 2.54 bits per heavy atom. The summed E-state index contributed by atoms with van der Waals surface area (Å²) in [6.07, 6.45) is 3.36. The molecule has 0 unspecified atom stereocenters. The van der Waals surface area contributed by atoms with E-state index in [-0.39, 0.29) is 17.7 Å². The molecule has 0 bridgehead atoms. The SMILES string of the molecule is Cc1[nH]c2ccccc2c1CCNC(=O)C1CCC(C(=O)O)CC1. The highest BCUT2D eigenvalue weighted by Crippen LogP contribution is 2.29. The van der Waals surface area contributed by atoms with E-state index < -0.39 is 5.97 Å². The van der Waals surface area contributed by atoms with Gasteiger partial charge in [0.1, 0.15) is 0 Å². The first kappa shape index (κ1) is 16.6. The molecule has 5 heteroatoms. The number of aromatic amines is 1. The number of para-hydroxylation sites is 1. The summed E-state index contributed by atoms with van der Waals surface area (Å²) in [5.41, 5.74) is 3.52. The average molecular weight is 328 g/mol. The third kappa shape index (κ3) is 3.45. The van der Waals surface area contributed by atoms with Gasteiger partial charge in [0.05, 0.1) is 5.92 Å². The van der Waals surface area contributed by atoms with E-state index in [2.05, 4.69) is 29.4 Å². The molecule has 0 radical (unpaired) electrons. The molecule has 0 spiro atoms. The number of rotatable bonds is 5. The molecular formula is C19H24N2O3. The number of carbonyl (C=O) groups excluding carboxylic acids is 1. The van der Waals surface area contributed by atoms with Crippen molar-refractivity contribution in [2.45, 2.75) is 39.0 Å². The number of aliphatic carboxylic acids is 1. The lowest BCUT2D eigenvalue weighted by molar-refractivity contribution is -0.144. The van der Waals surface area contributed by atoms with E-state index in [0.717, 1.165) is 17.6 Å². The van der Waals surface area contributed by atoms with Crippen molar-refractivity contribution in [2.24, 2.45) is 11.8 Å². The first-order valence-corrected chi connectivity index (χ1v) is 8.63. The third-order valence-electron chi connectivity index (χ3n) is 5.15. The predicted molar refractivity (Wildman–Crippen MR) is 92.8 cm³/mol. The van der Waals surface area contributed by atoms with Gasteiger partial charge in [0.15, 0.2) is 0 Å². The van der Waals surface area contributed by atoms with Crippen molar-refractivity contribution in [1.82, 2.24) is 10.3 Å². The summed E-state index contributed by atoms with van der Waals surface area (Å²) in [6.45, 7) is 2.67. The van der Waals surface area contributed by atoms with Gasteiger partial charge in [-0.3, -0.25) is 9.59 Å². The van der Waals surface area contributed by atoms with Gasteiger partial charge in [0, 0.05) is 29.1 Å². The van der Waals surface area contributed by atoms with Crippen LogP contribution in [-0.2, 0) is 16.0 Å². The van der Waals surface area contributed by atoms with Crippen molar-refractivity contribution in [1.29, 1.82) is 0 Å². The minimum atomic E-state index is -0.733. The minimum Gasteiger partial charge on any atom is -0.481 e. The van der Waals surface area contributed by atoms with Gasteiger partial charge in [-0.2, -0.15) is 0 Å². The Kier molecular flexibility index (Phi) is 4.88. The van der Waals surface area contributed by atoms with Crippen LogP contribution in [0.25, 0.3) is 10.9 Å². The molecule has 1 aliphatic carbocycles. The number of H-pyrrole nitrogens is 1. The highest BCUT2D eigenvalue weighted by atomic mass is 16.4. The summed E-state index contributed by atoms with van der Waals surface area (Å²) in [6, 6.07) is 8.20. The van der Waals surface area contributed by atoms with Gasteiger partial charge in [0.25, 0.3) is 0 Å². The van der Waals surface area contributed by atoms with Crippen molar-refractivity contribution in [2.75, 3.05) is 6.54 Å². The van der Waals surface area contributed by atoms with E-state index in [0.29, 0.717) is 32.2 Å². The number of carboxylic acid groups (broad SMARTS) is 1. The van der Waals surface area contributed by atoms with Crippen LogP contribution in [-0.4, -0.2) is 28.5 Å². The van der Waals surface area contributed by atoms with Gasteiger partial charge in [-0.1, -0.05) is 18.2 Å². The average Bonchev–Trinajstić information content (AvgIpc) is 2.90. The van der Waals surface area contributed by atoms with Crippen molar-refractivity contribution in [3.05, 3.63) is 35.5 Å². The molecule has 1 aromatic heterocycles. The fourth-order valence-corrected chi connectivity index (χ4v) is 3.71. The fourth-order valence-electron chi connectivity index (χ4n) is 3.71. The Morgan fingerprint density at radius 1 is 1.17 bits per heavy atom. The van der Waals surface area contributed by atoms with Gasteiger partial charge >= 0.3 is 5.97 Å². The van der Waals surface area contributed by atoms with Crippen LogP contribution in [0.5, 0.6) is 0 Å². The van der Waals surface area contributed by atoms with E-state index in [1.165, 1.54) is 10.9 Å². The normalized spacial score (nSPS) is 20.9. The van der Waals surface area contributed by atoms with Crippen LogP contribution >= 0.6 is 0 Å². The summed E-state index contributed by atoms with van der Waals surface area (Å²) >= 11 is 0. The molecule has 2 aromatic rings. The molecule has 1 aliphatic rings. The van der Waals surface area contributed by atoms with Crippen LogP contribution in [0.2, 0.25) is 0 Å². The lowest BCUT2D eigenvalue weighted by atomic mass is 9.81. The maximum absolute atomic E-state index is 12.3. The molecule has 128 valence electrons. The Hall–Kier alpha value is -2.30. The predicted octanol–water partition coefficient (Wildman–Crippen LogP) is 3.03. The van der Waals surface area contributed by atoms with Crippen LogP contribution in [0.15, 0.2) is 24.3 Å². The number of nitrogens with one attached hydrogen (secondary N) is 2. The maximum atomic E-state index is 12.3. The first-order chi connectivity index (χ1) is 11.6. The molecule has 1 heterocycles. The highest BCUT2D eigenvalue weighted by Gasteiger charge is 2.29. The molecular weight excluding hydrogens is 304 g/mol. The molecule has 5 nitrogen and oxygen atoms in total. The maximum Gasteiger partial charge on any atom is 0.306 e. The van der Waals surface area contributed by atoms with Crippen LogP contribution in [0.4, 0.5) is 0 Å². The molecule has 0 aliphatic heterocycles. The summed E-state index contributed by atoms with van der Waals surface area (Å²) in [5.74, 6) is -0.979. The van der Waals surface area contributed by atoms with E-state index in [4.69, 9.17) is 5.11 Å². The summed E-state index contributed by atoms with van der Waals surface area (Å²) in [5, 5.41) is 13.3. The Bertz CT molecular complexity index is 742. The number of amides is 1. The van der Waals surface area contributed by atoms with Crippen LogP contribution < -0.4 is 5.32 Å². The van der Waals surface area contributed by atoms with E-state index in [1.807, 2.05) is 12.1 Å². The summed E-state index contributed by atoms with van der Waals surface area (Å²) < 4.78 is 0. The van der Waals surface area contributed by atoms with Crippen LogP contribution in [0.3, 0.4) is 0 Å². The molecule has 1 amide bonds. The van der Waals surface area contributed by atoms with E-state index in [9.17, 15) is 9.59 Å². The zero-order valence-electron chi connectivity index (χ0n) is 14.0. The zero-order valence-corrected chi connectivity index (χ0v) is 14.0. The van der Waals surface area contributed by atoms with E-state index >= 15 is 0 Å². The van der Waals surface area contributed by atoms with Gasteiger partial charge in [-0.15, -0.1) is 0 Å². The topological polar surface area (TPSA) is 82.2 Å². The van der Waals surface area contributed by atoms with Crippen LogP contribution in [0.1, 0.15) is 36.9 Å². The largest absolute Gasteiger partial charge is 0.481 e. The lowest BCUT2D eigenvalue weighted by Crippen LogP contribution is -2.35. The number of fused-ring (bicyclic) bond motifs is 1. The number of carboxylic acids is 1. The molecule has 24 heavy (non-hydrogen) atoms. The van der Waals surface area contributed by atoms with Crippen molar-refractivity contribution >= 4 is 22.8 Å². The molecule has 0 saturated heterocycles. The first-order valence-electron chi connectivity index (χ1n) is 8.63. The number of aromatic nitrogens is 1. The van der Waals surface area contributed by atoms with Gasteiger partial charge in [-0.05, 0) is 50.7 Å². The lowest BCUT2D eigenvalue weighted by Gasteiger charge is -2.25. The minimum absolute atomic E-state index is 0.0373. The second-order valence-corrected chi connectivity index (χ2v) is 6.70. The standard InChI is InChI=1S/C19H24N2O3/c1-12-15(16-4-2-3-5-17(16)21-12)10-11-20-18(22)13-6-8-14(9-7-13)19(23)24/h2-5,13-14,21H,6-11H2,1H3,(H,20,22)(H,23,24). The quantitative estimate of drug-likeness (QED) is 0.789. The number of hydrogen-bond donors (Lipinski definition) is 3. The number of hydrogen-bond acceptors (Lipinski definition) is 2. The number of carbonyl (C=O) groups is 2. The highest BCUT2D eigenvalue weighted by molar-refractivity contribution is 5.84. The zero-order chi connectivity index (χ0) is 17.1. The van der Waals surface area contributed by atoms with Gasteiger partial charge in [0.2, 0.25) is 5.91 Å². The van der Waals surface area contributed by atoms with Gasteiger partial charge in [-0.25, -0.2) is 0 Å². The second-order valence-electron chi connectivity index (χ2n) is 6.70. The molecule has 3 rings (SSSR count). The van der Waals surface area contributed by atoms with Crippen molar-refractivity contribution in [3.63, 3.8) is 0 Å². The monoisotopic (exact) mass is 328 g/mol. The summed E-state index contributed by atoms with van der Waals surface area (Å²) in [7, 11) is 0. The third-order valence-corrected chi connectivity index (χ3v) is 5.15. The van der Waals surface area contributed by atoms with Crippen molar-refractivity contribution in [3.8, 4) is 0 Å². The molecule has 3 N–H and O–H groups in total. The van der Waals surface area contributed by atoms with E-state index in [1.54, 1.807) is 0 Å². The Balaban J connectivity index is 1.52. The van der Waals surface area contributed by atoms with Crippen LogP contribution in [0, 0.1) is 18.8 Å². The van der Waals surface area contributed by atoms with Gasteiger partial charge < -0.3 is 15.4 Å². The smallest absolute Gasteiger partial charge is 0.306 e. The second kappa shape index (κ2) is 7.07. The Labute approximate surface area is 141 Å². The number of benzene rings is 1. The van der Waals surface area contributed by atoms with Crippen molar-refractivity contribution < 1.29 is 14.7 Å². The molecule has 1 saturated carbocycles. The fraction of sp³-hybridized carbons (Fsp3) is 0.474. The summed E-state index contributed by atoms with van der Waals surface area (Å²) in [4.78, 5) is 26.6. The molecule has 0 atom stereocenters. The molecule has 1 fully saturated rings.